The number of thioether (sulfide) groups is 1. The van der Waals surface area contributed by atoms with Gasteiger partial charge in [-0.1, -0.05) is 264 Å². The zero-order valence-electron chi connectivity index (χ0n) is 81.5. The van der Waals surface area contributed by atoms with E-state index in [9.17, 15) is 22.0 Å². The highest BCUT2D eigenvalue weighted by Gasteiger charge is 2.37. The fourth-order valence-corrected chi connectivity index (χ4v) is 23.8. The Kier molecular flexibility index (Phi) is 34.9. The summed E-state index contributed by atoms with van der Waals surface area (Å²) < 4.78 is 73.0. The van der Waals surface area contributed by atoms with Gasteiger partial charge in [0.25, 0.3) is 0 Å². The van der Waals surface area contributed by atoms with Gasteiger partial charge in [-0.3, -0.25) is 4.79 Å². The molecule has 0 radical (unpaired) electrons. The summed E-state index contributed by atoms with van der Waals surface area (Å²) in [5.41, 5.74) is 21.0. The Labute approximate surface area is 894 Å². The van der Waals surface area contributed by atoms with Crippen molar-refractivity contribution in [2.24, 2.45) is 23.7 Å². The van der Waals surface area contributed by atoms with Gasteiger partial charge in [0.2, 0.25) is 15.9 Å². The molecule has 8 heterocycles. The number of aromatic amines is 4. The molecule has 4 saturated heterocycles. The van der Waals surface area contributed by atoms with E-state index in [0.29, 0.717) is 145 Å². The third-order valence-electron chi connectivity index (χ3n) is 28.7. The number of carbonyl (C=O) groups is 1. The summed E-state index contributed by atoms with van der Waals surface area (Å²) in [4.78, 5) is 62.0. The second kappa shape index (κ2) is 48.9. The molecule has 5 fully saturated rings. The Morgan fingerprint density at radius 1 is 0.399 bits per heavy atom. The normalized spacial score (nSPS) is 16.1. The Morgan fingerprint density at radius 2 is 0.730 bits per heavy atom. The van der Waals surface area contributed by atoms with Crippen molar-refractivity contribution in [3.63, 3.8) is 0 Å². The van der Waals surface area contributed by atoms with Crippen molar-refractivity contribution >= 4 is 164 Å². The molecule has 5 N–H and O–H groups in total. The number of imidazole rings is 4. The van der Waals surface area contributed by atoms with Crippen LogP contribution < -0.4 is 5.32 Å². The molecule has 22 nitrogen and oxygen atoms in total. The number of carbonyl (C=O) groups excluding carboxylic acids is 1. The molecule has 756 valence electrons. The molecule has 4 unspecified atom stereocenters. The van der Waals surface area contributed by atoms with Crippen molar-refractivity contribution in [1.29, 1.82) is 0 Å². The quantitative estimate of drug-likeness (QED) is 0.0251. The highest BCUT2D eigenvalue weighted by atomic mass is 35.5. The molecule has 0 spiro atoms. The van der Waals surface area contributed by atoms with E-state index in [-0.39, 0.29) is 52.7 Å². The predicted molar refractivity (Wildman–Crippen MR) is 589 cm³/mol. The van der Waals surface area contributed by atoms with E-state index in [4.69, 9.17) is 110 Å². The standard InChI is InChI=1S/C32H32ClFN4O.C29H26Cl2N4O2.C28H26Cl2N4O3S.C27H24ClFN4S/c1-35-25-6-4-5-24(17-25)21-9-11-22(12-10-21)32(23-13-15-38(16-14-23)26-7-2-3-8-26)39-20-31-36-29-18-27(33)28(34)19-30(29)37-31;1-18(36)35-12-10-21(11-13-35)29(37-17-28-33-26-15-24(30)25(31)16-27(26)34-28)20-8-6-19(7-9-20)22-4-3-5-23(14-22)32-2;1-31-22-5-3-4-21(14-22)18-6-8-19(9-7-18)28(20-10-12-34(13-11-20)38(2,35)36)37-17-27-32-25-15-23(29)24(30)16-26(25)33-27;1-30-21-4-2-3-20(13-21)17-5-7-18(8-6-17)22(19-9-11-31-12-10-19)16-34-27-32-25-14-23(28)24(29)15-26(25)33-27/h4-6,9-12,17-19,23,26,32H,2-3,7-8,13-16,20H2,(H,36,37);3-9,14-16,21,29H,10-13,17H2,1H3,(H,33,34);3-9,14-16,20,28H,10-13,17H2,2H3,(H,32,33);2-8,13-15,19,22,31H,9-12,16H2,(H,32,33). The van der Waals surface area contributed by atoms with Crippen molar-refractivity contribution < 1.29 is 36.2 Å². The van der Waals surface area contributed by atoms with Gasteiger partial charge in [-0.25, -0.2) is 60.8 Å². The number of benzene rings is 12. The monoisotopic (exact) mass is 2130 g/mol. The van der Waals surface area contributed by atoms with Crippen LogP contribution in [0.15, 0.2) is 248 Å². The second-order valence-electron chi connectivity index (χ2n) is 38.2. The van der Waals surface area contributed by atoms with E-state index < -0.39 is 21.7 Å². The smallest absolute Gasteiger partial charge is 0.219 e. The minimum absolute atomic E-state index is 0.0652. The van der Waals surface area contributed by atoms with Crippen LogP contribution in [0.25, 0.3) is 108 Å². The molecule has 4 aromatic heterocycles. The van der Waals surface area contributed by atoms with Gasteiger partial charge < -0.3 is 49.3 Å². The molecule has 0 bridgehead atoms. The molecule has 12 aromatic carbocycles. The van der Waals surface area contributed by atoms with E-state index >= 15 is 0 Å². The number of H-pyrrole nitrogens is 4. The van der Waals surface area contributed by atoms with E-state index in [2.05, 4.69) is 142 Å². The molecule has 1 aliphatic carbocycles. The van der Waals surface area contributed by atoms with Crippen LogP contribution in [0.2, 0.25) is 30.1 Å². The van der Waals surface area contributed by atoms with Crippen molar-refractivity contribution in [3.05, 3.63) is 370 Å². The Hall–Kier alpha value is -12.4. The number of ether oxygens (including phenoxy) is 3. The number of amides is 1. The van der Waals surface area contributed by atoms with Crippen LogP contribution in [-0.4, -0.2) is 139 Å². The van der Waals surface area contributed by atoms with Crippen LogP contribution >= 0.6 is 81.4 Å². The summed E-state index contributed by atoms with van der Waals surface area (Å²) in [5.74, 6) is 3.87. The Morgan fingerprint density at radius 3 is 1.09 bits per heavy atom. The summed E-state index contributed by atoms with van der Waals surface area (Å²) in [7, 11) is -3.22. The Bertz CT molecular complexity index is 7550. The highest BCUT2D eigenvalue weighted by Crippen LogP contribution is 2.45. The molecule has 148 heavy (non-hydrogen) atoms. The number of piperidine rings is 4. The SMILES string of the molecule is [C-]#[N+]c1cccc(-c2ccc(C(CSc3nc4cc(Cl)c(F)cc4[nH]3)C3CCNCC3)cc2)c1.[C-]#[N+]c1cccc(-c2ccc(C(OCc3nc4cc(Cl)c(Cl)cc4[nH]3)C3CCN(C(C)=O)CC3)cc2)c1.[C-]#[N+]c1cccc(-c2ccc(C(OCc3nc4cc(Cl)c(Cl)cc4[nH]3)C3CCN(S(C)(=O)=O)CC3)cc2)c1.[C-]#[N+]c1cccc(-c2ccc(C(OCc3nc4cc(Cl)c(F)cc4[nH]3)C3CCN(C4CCCC4)CC3)cc2)c1. The van der Waals surface area contributed by atoms with Gasteiger partial charge in [-0.05, 0) is 247 Å². The largest absolute Gasteiger partial charge is 0.365 e. The van der Waals surface area contributed by atoms with E-state index in [0.717, 1.165) is 172 Å². The lowest BCUT2D eigenvalue weighted by Gasteiger charge is -2.39. The molecule has 1 saturated carbocycles. The lowest BCUT2D eigenvalue weighted by Crippen LogP contribution is -2.41. The number of fused-ring (bicyclic) bond motifs is 4. The first kappa shape index (κ1) is 106. The van der Waals surface area contributed by atoms with Gasteiger partial charge in [-0.15, -0.1) is 0 Å². The van der Waals surface area contributed by atoms with Crippen LogP contribution in [0.5, 0.6) is 0 Å². The molecule has 1 amide bonds. The van der Waals surface area contributed by atoms with Crippen molar-refractivity contribution in [2.75, 3.05) is 64.4 Å². The predicted octanol–water partition coefficient (Wildman–Crippen LogP) is 30.6. The third kappa shape index (κ3) is 26.4. The van der Waals surface area contributed by atoms with Gasteiger partial charge >= 0.3 is 0 Å². The molecule has 21 rings (SSSR count). The lowest BCUT2D eigenvalue weighted by molar-refractivity contribution is -0.131. The number of rotatable bonds is 26. The summed E-state index contributed by atoms with van der Waals surface area (Å²) in [5, 5.41) is 6.23. The number of hydrogen-bond donors (Lipinski definition) is 5. The first-order valence-electron chi connectivity index (χ1n) is 49.6. The number of hydrogen-bond acceptors (Lipinski definition) is 13. The number of nitrogens with zero attached hydrogens (tertiary/aromatic N) is 11. The van der Waals surface area contributed by atoms with Crippen LogP contribution in [0.3, 0.4) is 0 Å². The maximum absolute atomic E-state index is 13.9. The average molecular weight is 2140 g/mol. The van der Waals surface area contributed by atoms with Gasteiger partial charge in [0, 0.05) is 57.0 Å². The molecular weight excluding hydrogens is 2030 g/mol. The van der Waals surface area contributed by atoms with E-state index in [1.807, 2.05) is 120 Å². The van der Waals surface area contributed by atoms with Gasteiger partial charge in [0.1, 0.15) is 48.9 Å². The maximum Gasteiger partial charge on any atom is 0.219 e. The maximum atomic E-state index is 13.9. The first-order valence-corrected chi connectivity index (χ1v) is 54.7. The van der Waals surface area contributed by atoms with Crippen LogP contribution in [0, 0.1) is 61.6 Å². The van der Waals surface area contributed by atoms with Gasteiger partial charge in [0.15, 0.2) is 27.9 Å². The van der Waals surface area contributed by atoms with Gasteiger partial charge in [0.05, 0.1) is 125 Å². The molecule has 4 atom stereocenters. The van der Waals surface area contributed by atoms with Crippen LogP contribution in [-0.2, 0) is 48.8 Å². The molecule has 16 aromatic rings. The van der Waals surface area contributed by atoms with Gasteiger partial charge in [-0.2, -0.15) is 0 Å². The molecule has 5 aliphatic rings. The topological polar surface area (TPSA) is 233 Å². The Balaban J connectivity index is 0.000000129. The minimum atomic E-state index is -3.22. The van der Waals surface area contributed by atoms with Crippen molar-refractivity contribution in [3.8, 4) is 44.5 Å². The molecule has 4 aliphatic heterocycles. The van der Waals surface area contributed by atoms with Crippen LogP contribution in [0.4, 0.5) is 31.5 Å². The van der Waals surface area contributed by atoms with E-state index in [1.54, 1.807) is 61.2 Å². The average Bonchev–Trinajstić information content (AvgIpc) is 1.69. The summed E-state index contributed by atoms with van der Waals surface area (Å²) >= 11 is 38.2. The fourth-order valence-electron chi connectivity index (χ4n) is 20.8. The summed E-state index contributed by atoms with van der Waals surface area (Å²) in [6.45, 7) is 38.3. The number of sulfonamides is 1. The zero-order valence-corrected chi connectivity index (χ0v) is 87.6. The lowest BCUT2D eigenvalue weighted by atomic mass is 9.81. The third-order valence-corrected chi connectivity index (χ3v) is 33.0. The highest BCUT2D eigenvalue weighted by molar-refractivity contribution is 7.99. The van der Waals surface area contributed by atoms with Crippen LogP contribution in [0.1, 0.15) is 148 Å². The van der Waals surface area contributed by atoms with E-state index in [1.165, 1.54) is 53.9 Å². The number of aromatic nitrogens is 8. The number of halogens is 8. The second-order valence-corrected chi connectivity index (χ2v) is 43.7. The first-order chi connectivity index (χ1) is 71.8. The number of likely N-dealkylation sites (tertiary alicyclic amines) is 2. The minimum Gasteiger partial charge on any atom is -0.365 e. The summed E-state index contributed by atoms with van der Waals surface area (Å²) in [6.07, 6.45) is 13.7. The van der Waals surface area contributed by atoms with Crippen molar-refractivity contribution in [1.82, 2.24) is 59.3 Å². The molecular formula is C116H108Cl6F2N16O6S2. The fraction of sp³-hybridized carbons (Fsp3) is 0.302. The zero-order chi connectivity index (χ0) is 103. The van der Waals surface area contributed by atoms with Crippen molar-refractivity contribution in [2.45, 2.75) is 139 Å². The molecule has 32 heteroatoms. The number of nitrogens with one attached hydrogen (secondary N) is 5. The summed E-state index contributed by atoms with van der Waals surface area (Å²) in [6, 6.07) is 78.0.